The lowest BCUT2D eigenvalue weighted by molar-refractivity contribution is 0.354. The first kappa shape index (κ1) is 25.7. The third-order valence-electron chi connectivity index (χ3n) is 6.43. The molecule has 4 N–H and O–H groups in total. The Bertz CT molecular complexity index is 1320. The van der Waals surface area contributed by atoms with Crippen LogP contribution >= 0.6 is 24.2 Å². The van der Waals surface area contributed by atoms with Crippen LogP contribution in [0.15, 0.2) is 69.2 Å². The molecule has 0 saturated heterocycles. The lowest BCUT2D eigenvalue weighted by atomic mass is 9.78. The number of anilines is 1. The summed E-state index contributed by atoms with van der Waals surface area (Å²) in [5, 5.41) is 24.4. The fraction of sp³-hybridized carbons (Fsp3) is 0.269. The predicted molar refractivity (Wildman–Crippen MR) is 148 cm³/mol. The molecule has 2 aromatic rings. The van der Waals surface area contributed by atoms with E-state index in [1.54, 1.807) is 21.3 Å². The molecule has 0 amide bonds. The maximum atomic E-state index is 8.62. The van der Waals surface area contributed by atoms with Gasteiger partial charge in [-0.05, 0) is 66.4 Å². The van der Waals surface area contributed by atoms with Crippen LogP contribution < -0.4 is 24.8 Å². The van der Waals surface area contributed by atoms with E-state index in [0.717, 1.165) is 47.4 Å². The van der Waals surface area contributed by atoms with Gasteiger partial charge in [0.2, 0.25) is 0 Å². The van der Waals surface area contributed by atoms with Crippen LogP contribution in [0.4, 0.5) is 5.69 Å². The molecule has 0 aromatic heterocycles. The summed E-state index contributed by atoms with van der Waals surface area (Å²) in [7, 11) is 4.89. The van der Waals surface area contributed by atoms with Crippen LogP contribution in [0, 0.1) is 10.8 Å². The summed E-state index contributed by atoms with van der Waals surface area (Å²) in [4.78, 5) is 5.18. The highest BCUT2D eigenvalue weighted by Gasteiger charge is 2.38. The second kappa shape index (κ2) is 10.7. The minimum Gasteiger partial charge on any atom is -0.495 e. The third kappa shape index (κ3) is 4.56. The highest BCUT2D eigenvalue weighted by molar-refractivity contribution is 8.18. The predicted octanol–water partition coefficient (Wildman–Crippen LogP) is 5.68. The van der Waals surface area contributed by atoms with Crippen LogP contribution in [-0.2, 0) is 0 Å². The Morgan fingerprint density at radius 3 is 2.50 bits per heavy atom. The van der Waals surface area contributed by atoms with E-state index >= 15 is 0 Å². The average molecular weight is 526 g/mol. The van der Waals surface area contributed by atoms with Gasteiger partial charge in [0.15, 0.2) is 22.5 Å². The number of aliphatic imine (C=N–C) groups is 1. The van der Waals surface area contributed by atoms with E-state index in [1.807, 2.05) is 36.4 Å². The number of hydrogen-bond donors (Lipinski definition) is 4. The molecule has 2 aromatic carbocycles. The standard InChI is InChI=1S/C26H27N5O3S.ClH/c1-32-18-10-5-4-9-17(18)29-26-31-25(28)23(35-26)22-21-15(7-6-8-16(21)24(27)30-22)14-11-12-19(33-2)20(13-14)34-3;/h4-5,9-13,15H,6-8H2,1-3H3,(H2,27,30)(H2,28,29,31);1H. The van der Waals surface area contributed by atoms with E-state index < -0.39 is 0 Å². The minimum absolute atomic E-state index is 0. The molecule has 1 atom stereocenters. The number of hydrogen-bond acceptors (Lipinski definition) is 7. The molecule has 1 unspecified atom stereocenters. The molecule has 10 heteroatoms. The summed E-state index contributed by atoms with van der Waals surface area (Å²) in [6.07, 6.45) is 2.78. The first-order valence-corrected chi connectivity index (χ1v) is 12.2. The smallest absolute Gasteiger partial charge is 0.173 e. The minimum atomic E-state index is 0. The molecule has 5 rings (SSSR count). The number of thioether (sulfide) groups is 1. The van der Waals surface area contributed by atoms with Gasteiger partial charge in [-0.1, -0.05) is 18.2 Å². The van der Waals surface area contributed by atoms with Crippen LogP contribution in [0.5, 0.6) is 17.2 Å². The van der Waals surface area contributed by atoms with Crippen molar-refractivity contribution in [2.75, 3.05) is 26.6 Å². The number of nitrogens with one attached hydrogen (secondary N) is 4. The molecular formula is C26H28ClN5O3S. The van der Waals surface area contributed by atoms with Crippen LogP contribution in [-0.4, -0.2) is 38.2 Å². The SMILES string of the molecule is COc1ccccc1NC1=NC(=N)C(=C2NC(=N)C3=C2C(c2ccc(OC)c(OC)c2)CCC3)S1.Cl. The Hall–Kier alpha value is -3.43. The van der Waals surface area contributed by atoms with Crippen molar-refractivity contribution in [2.24, 2.45) is 4.99 Å². The van der Waals surface area contributed by atoms with E-state index in [9.17, 15) is 0 Å². The Morgan fingerprint density at radius 1 is 1.00 bits per heavy atom. The molecule has 0 spiro atoms. The number of halogens is 1. The fourth-order valence-corrected chi connectivity index (χ4v) is 5.71. The molecule has 0 saturated carbocycles. The van der Waals surface area contributed by atoms with E-state index in [2.05, 4.69) is 21.7 Å². The quantitative estimate of drug-likeness (QED) is 0.399. The fourth-order valence-electron chi connectivity index (χ4n) is 4.81. The van der Waals surface area contributed by atoms with Crippen molar-refractivity contribution in [3.8, 4) is 17.2 Å². The number of benzene rings is 2. The van der Waals surface area contributed by atoms with Gasteiger partial charge in [-0.25, -0.2) is 4.99 Å². The zero-order valence-electron chi connectivity index (χ0n) is 20.2. The van der Waals surface area contributed by atoms with Gasteiger partial charge in [-0.2, -0.15) is 0 Å². The average Bonchev–Trinajstić information content (AvgIpc) is 3.42. The van der Waals surface area contributed by atoms with Crippen molar-refractivity contribution < 1.29 is 14.2 Å². The van der Waals surface area contributed by atoms with Crippen LogP contribution in [0.25, 0.3) is 0 Å². The second-order valence-corrected chi connectivity index (χ2v) is 9.35. The molecule has 0 bridgehead atoms. The van der Waals surface area contributed by atoms with E-state index in [4.69, 9.17) is 25.0 Å². The van der Waals surface area contributed by atoms with Crippen molar-refractivity contribution >= 4 is 46.7 Å². The second-order valence-electron chi connectivity index (χ2n) is 8.35. The van der Waals surface area contributed by atoms with Gasteiger partial charge in [-0.15, -0.1) is 12.4 Å². The number of ether oxygens (including phenoxy) is 3. The summed E-state index contributed by atoms with van der Waals surface area (Å²) < 4.78 is 16.4. The molecule has 1 aliphatic carbocycles. The van der Waals surface area contributed by atoms with Crippen molar-refractivity contribution in [1.29, 1.82) is 10.8 Å². The first-order valence-electron chi connectivity index (χ1n) is 11.3. The van der Waals surface area contributed by atoms with Crippen LogP contribution in [0.2, 0.25) is 0 Å². The monoisotopic (exact) mass is 525 g/mol. The molecule has 3 aliphatic rings. The molecule has 2 heterocycles. The molecule has 36 heavy (non-hydrogen) atoms. The number of methoxy groups -OCH3 is 3. The van der Waals surface area contributed by atoms with Gasteiger partial charge >= 0.3 is 0 Å². The lowest BCUT2D eigenvalue weighted by Crippen LogP contribution is -2.17. The summed E-state index contributed by atoms with van der Waals surface area (Å²) in [6.45, 7) is 0. The number of allylic oxidation sites excluding steroid dienone is 1. The molecule has 0 fully saturated rings. The van der Waals surface area contributed by atoms with Gasteiger partial charge in [0.25, 0.3) is 0 Å². The van der Waals surface area contributed by atoms with Crippen molar-refractivity contribution in [3.05, 3.63) is 69.8 Å². The van der Waals surface area contributed by atoms with Gasteiger partial charge in [-0.3, -0.25) is 10.8 Å². The van der Waals surface area contributed by atoms with Gasteiger partial charge in [0.1, 0.15) is 11.6 Å². The van der Waals surface area contributed by atoms with E-state index in [1.165, 1.54) is 11.8 Å². The Morgan fingerprint density at radius 2 is 1.75 bits per heavy atom. The maximum Gasteiger partial charge on any atom is 0.173 e. The van der Waals surface area contributed by atoms with Crippen molar-refractivity contribution in [2.45, 2.75) is 25.2 Å². The highest BCUT2D eigenvalue weighted by Crippen LogP contribution is 2.48. The van der Waals surface area contributed by atoms with Crippen LogP contribution in [0.1, 0.15) is 30.7 Å². The highest BCUT2D eigenvalue weighted by atomic mass is 35.5. The number of rotatable bonds is 5. The first-order chi connectivity index (χ1) is 17.0. The number of para-hydroxylation sites is 2. The van der Waals surface area contributed by atoms with E-state index in [0.29, 0.717) is 33.2 Å². The molecule has 8 nitrogen and oxygen atoms in total. The Kier molecular flexibility index (Phi) is 7.61. The van der Waals surface area contributed by atoms with Crippen molar-refractivity contribution in [3.63, 3.8) is 0 Å². The normalized spacial score (nSPS) is 20.9. The van der Waals surface area contributed by atoms with Gasteiger partial charge in [0, 0.05) is 11.5 Å². The zero-order valence-corrected chi connectivity index (χ0v) is 21.9. The lowest BCUT2D eigenvalue weighted by Gasteiger charge is -2.26. The summed E-state index contributed by atoms with van der Waals surface area (Å²) >= 11 is 1.40. The number of nitrogens with zero attached hydrogens (tertiary/aromatic N) is 1. The van der Waals surface area contributed by atoms with Crippen LogP contribution in [0.3, 0.4) is 0 Å². The third-order valence-corrected chi connectivity index (χ3v) is 7.42. The Balaban J connectivity index is 0.00000304. The molecule has 2 aliphatic heterocycles. The summed E-state index contributed by atoms with van der Waals surface area (Å²) in [5.74, 6) is 2.74. The summed E-state index contributed by atoms with van der Waals surface area (Å²) in [6, 6.07) is 13.6. The maximum absolute atomic E-state index is 8.62. The number of amidine groups is 3. The molecule has 188 valence electrons. The van der Waals surface area contributed by atoms with E-state index in [-0.39, 0.29) is 24.2 Å². The zero-order chi connectivity index (χ0) is 24.5. The topological polar surface area (TPSA) is 112 Å². The summed E-state index contributed by atoms with van der Waals surface area (Å²) in [5.41, 5.74) is 4.79. The Labute approximate surface area is 220 Å². The van der Waals surface area contributed by atoms with Gasteiger partial charge < -0.3 is 24.8 Å². The largest absolute Gasteiger partial charge is 0.495 e. The molecule has 0 radical (unpaired) electrons. The van der Waals surface area contributed by atoms with Crippen molar-refractivity contribution in [1.82, 2.24) is 5.32 Å². The van der Waals surface area contributed by atoms with Gasteiger partial charge in [0.05, 0.1) is 37.6 Å². The molecular weight excluding hydrogens is 498 g/mol.